The summed E-state index contributed by atoms with van der Waals surface area (Å²) in [4.78, 5) is 27.4. The van der Waals surface area contributed by atoms with Crippen molar-refractivity contribution < 1.29 is 23.5 Å². The highest BCUT2D eigenvalue weighted by molar-refractivity contribution is 5.78. The van der Waals surface area contributed by atoms with Gasteiger partial charge in [-0.15, -0.1) is 0 Å². The molecule has 1 atom stereocenters. The van der Waals surface area contributed by atoms with Crippen molar-refractivity contribution in [3.63, 3.8) is 0 Å². The van der Waals surface area contributed by atoms with Crippen LogP contribution < -0.4 is 10.5 Å². The minimum atomic E-state index is -0.306. The Morgan fingerprint density at radius 2 is 1.96 bits per heavy atom. The third-order valence-corrected chi connectivity index (χ3v) is 5.31. The van der Waals surface area contributed by atoms with E-state index in [0.717, 1.165) is 38.9 Å². The first-order valence-electron chi connectivity index (χ1n) is 9.81. The fourth-order valence-electron chi connectivity index (χ4n) is 3.75. The van der Waals surface area contributed by atoms with Crippen LogP contribution in [0, 0.1) is 5.82 Å². The monoisotopic (exact) mass is 393 g/mol. The second kappa shape index (κ2) is 9.84. The highest BCUT2D eigenvalue weighted by atomic mass is 19.1. The summed E-state index contributed by atoms with van der Waals surface area (Å²) in [5, 5.41) is 0. The molecular formula is C20H28FN3O4. The lowest BCUT2D eigenvalue weighted by Crippen LogP contribution is -2.55. The molecule has 3 rings (SSSR count). The Morgan fingerprint density at radius 1 is 1.25 bits per heavy atom. The molecule has 2 heterocycles. The second-order valence-electron chi connectivity index (χ2n) is 7.39. The molecule has 2 fully saturated rings. The van der Waals surface area contributed by atoms with E-state index in [-0.39, 0.29) is 36.4 Å². The zero-order valence-corrected chi connectivity index (χ0v) is 16.0. The molecule has 0 bridgehead atoms. The van der Waals surface area contributed by atoms with Crippen LogP contribution in [0.15, 0.2) is 24.3 Å². The Hall–Kier alpha value is -2.19. The fraction of sp³-hybridized carbons (Fsp3) is 0.600. The van der Waals surface area contributed by atoms with Gasteiger partial charge < -0.3 is 25.0 Å². The molecule has 2 amide bonds. The number of halogens is 1. The lowest BCUT2D eigenvalue weighted by molar-refractivity contribution is -0.155. The van der Waals surface area contributed by atoms with Crippen molar-refractivity contribution in [2.45, 2.75) is 37.8 Å². The van der Waals surface area contributed by atoms with Crippen LogP contribution in [-0.2, 0) is 14.3 Å². The molecule has 1 unspecified atom stereocenters. The van der Waals surface area contributed by atoms with Crippen LogP contribution in [-0.4, -0.2) is 73.2 Å². The van der Waals surface area contributed by atoms with Crippen LogP contribution in [0.5, 0.6) is 5.75 Å². The van der Waals surface area contributed by atoms with Gasteiger partial charge in [-0.25, -0.2) is 4.39 Å². The number of hydrogen-bond acceptors (Lipinski definition) is 5. The van der Waals surface area contributed by atoms with Crippen LogP contribution >= 0.6 is 0 Å². The van der Waals surface area contributed by atoms with E-state index in [1.807, 2.05) is 4.90 Å². The Bertz CT molecular complexity index is 662. The minimum absolute atomic E-state index is 0.0187. The van der Waals surface area contributed by atoms with E-state index in [1.54, 1.807) is 12.1 Å². The molecule has 0 spiro atoms. The number of primary amides is 1. The predicted molar refractivity (Wildman–Crippen MR) is 101 cm³/mol. The van der Waals surface area contributed by atoms with Gasteiger partial charge in [0.05, 0.1) is 6.54 Å². The number of ether oxygens (including phenoxy) is 2. The highest BCUT2D eigenvalue weighted by Gasteiger charge is 2.33. The molecule has 2 N–H and O–H groups in total. The maximum Gasteiger partial charge on any atom is 0.248 e. The molecule has 7 nitrogen and oxygen atoms in total. The number of benzene rings is 1. The van der Waals surface area contributed by atoms with Gasteiger partial charge in [0.1, 0.15) is 30.9 Å². The molecule has 1 aromatic rings. The smallest absolute Gasteiger partial charge is 0.248 e. The summed E-state index contributed by atoms with van der Waals surface area (Å²) in [7, 11) is 0. The molecule has 28 heavy (non-hydrogen) atoms. The first-order chi connectivity index (χ1) is 13.5. The van der Waals surface area contributed by atoms with Gasteiger partial charge in [0.2, 0.25) is 11.8 Å². The summed E-state index contributed by atoms with van der Waals surface area (Å²) in [6, 6.07) is 6.07. The van der Waals surface area contributed by atoms with Gasteiger partial charge >= 0.3 is 0 Å². The lowest BCUT2D eigenvalue weighted by Gasteiger charge is -2.42. The van der Waals surface area contributed by atoms with Crippen molar-refractivity contribution in [2.75, 3.05) is 39.4 Å². The molecule has 1 aromatic carbocycles. The van der Waals surface area contributed by atoms with Crippen molar-refractivity contribution in [2.24, 2.45) is 5.73 Å². The molecule has 2 aliphatic rings. The van der Waals surface area contributed by atoms with E-state index in [4.69, 9.17) is 15.2 Å². The summed E-state index contributed by atoms with van der Waals surface area (Å²) in [5.74, 6) is 0.0321. The van der Waals surface area contributed by atoms with Gasteiger partial charge in [-0.1, -0.05) is 0 Å². The standard InChI is InChI=1S/C20H28FN3O4/c21-15-3-5-17(6-4-15)27-13-18-12-24(20(26)14-28-18)16-7-10-23(11-8-16)9-1-2-19(22)25/h3-6,16,18H,1-2,7-14H2,(H2,22,25). The van der Waals surface area contributed by atoms with Gasteiger partial charge in [-0.05, 0) is 50.1 Å². The van der Waals surface area contributed by atoms with Crippen molar-refractivity contribution in [3.8, 4) is 5.75 Å². The number of nitrogens with two attached hydrogens (primary N) is 1. The van der Waals surface area contributed by atoms with E-state index >= 15 is 0 Å². The minimum Gasteiger partial charge on any atom is -0.491 e. The third-order valence-electron chi connectivity index (χ3n) is 5.31. The average Bonchev–Trinajstić information content (AvgIpc) is 2.69. The maximum absolute atomic E-state index is 13.0. The molecule has 0 radical (unpaired) electrons. The van der Waals surface area contributed by atoms with Crippen LogP contribution in [0.4, 0.5) is 4.39 Å². The van der Waals surface area contributed by atoms with E-state index < -0.39 is 0 Å². The Labute approximate surface area is 164 Å². The first-order valence-corrected chi connectivity index (χ1v) is 9.81. The number of hydrogen-bond donors (Lipinski definition) is 1. The van der Waals surface area contributed by atoms with Crippen LogP contribution in [0.25, 0.3) is 0 Å². The summed E-state index contributed by atoms with van der Waals surface area (Å²) in [5.41, 5.74) is 5.18. The number of piperidine rings is 1. The molecule has 0 aromatic heterocycles. The maximum atomic E-state index is 13.0. The summed E-state index contributed by atoms with van der Waals surface area (Å²) < 4.78 is 24.3. The number of carbonyl (C=O) groups is 2. The van der Waals surface area contributed by atoms with Gasteiger partial charge in [-0.2, -0.15) is 0 Å². The number of rotatable bonds is 8. The van der Waals surface area contributed by atoms with E-state index in [2.05, 4.69) is 4.90 Å². The molecule has 0 saturated carbocycles. The van der Waals surface area contributed by atoms with Gasteiger partial charge in [0.25, 0.3) is 0 Å². The fourth-order valence-corrected chi connectivity index (χ4v) is 3.75. The number of amides is 2. The molecular weight excluding hydrogens is 365 g/mol. The summed E-state index contributed by atoms with van der Waals surface area (Å²) in [6.45, 7) is 3.57. The van der Waals surface area contributed by atoms with E-state index in [0.29, 0.717) is 25.3 Å². The molecule has 154 valence electrons. The number of likely N-dealkylation sites (tertiary alicyclic amines) is 1. The average molecular weight is 393 g/mol. The number of carbonyl (C=O) groups excluding carboxylic acids is 2. The molecule has 0 aliphatic carbocycles. The first kappa shape index (κ1) is 20.5. The van der Waals surface area contributed by atoms with E-state index in [1.165, 1.54) is 12.1 Å². The molecule has 8 heteroatoms. The van der Waals surface area contributed by atoms with Gasteiger partial charge in [0.15, 0.2) is 0 Å². The number of morpholine rings is 1. The summed E-state index contributed by atoms with van der Waals surface area (Å²) in [6.07, 6.45) is 2.81. The Kier molecular flexibility index (Phi) is 7.22. The summed E-state index contributed by atoms with van der Waals surface area (Å²) >= 11 is 0. The van der Waals surface area contributed by atoms with Crippen LogP contribution in [0.2, 0.25) is 0 Å². The predicted octanol–water partition coefficient (Wildman–Crippen LogP) is 1.16. The van der Waals surface area contributed by atoms with Crippen molar-refractivity contribution in [3.05, 3.63) is 30.1 Å². The van der Waals surface area contributed by atoms with Crippen LogP contribution in [0.3, 0.4) is 0 Å². The quantitative estimate of drug-likeness (QED) is 0.717. The van der Waals surface area contributed by atoms with Crippen molar-refractivity contribution in [1.82, 2.24) is 9.80 Å². The van der Waals surface area contributed by atoms with E-state index in [9.17, 15) is 14.0 Å². The topological polar surface area (TPSA) is 85.1 Å². The molecule has 2 aliphatic heterocycles. The van der Waals surface area contributed by atoms with Crippen molar-refractivity contribution >= 4 is 11.8 Å². The molecule has 2 saturated heterocycles. The number of nitrogens with zero attached hydrogens (tertiary/aromatic N) is 2. The lowest BCUT2D eigenvalue weighted by atomic mass is 10.0. The normalized spacial score (nSPS) is 21.7. The third kappa shape index (κ3) is 5.90. The zero-order chi connectivity index (χ0) is 19.9. The largest absolute Gasteiger partial charge is 0.491 e. The van der Waals surface area contributed by atoms with Crippen molar-refractivity contribution in [1.29, 1.82) is 0 Å². The van der Waals surface area contributed by atoms with Gasteiger partial charge in [-0.3, -0.25) is 9.59 Å². The Morgan fingerprint density at radius 3 is 2.64 bits per heavy atom. The zero-order valence-electron chi connectivity index (χ0n) is 16.0. The van der Waals surface area contributed by atoms with Crippen LogP contribution in [0.1, 0.15) is 25.7 Å². The highest BCUT2D eigenvalue weighted by Crippen LogP contribution is 2.21. The second-order valence-corrected chi connectivity index (χ2v) is 7.39. The Balaban J connectivity index is 1.44. The van der Waals surface area contributed by atoms with Gasteiger partial charge in [0, 0.05) is 25.6 Å². The SMILES string of the molecule is NC(=O)CCCN1CCC(N2CC(COc3ccc(F)cc3)OCC2=O)CC1.